The summed E-state index contributed by atoms with van der Waals surface area (Å²) in [5, 5.41) is 3.85. The van der Waals surface area contributed by atoms with E-state index in [-0.39, 0.29) is 5.91 Å². The van der Waals surface area contributed by atoms with E-state index >= 15 is 0 Å². The van der Waals surface area contributed by atoms with Gasteiger partial charge in [0.1, 0.15) is 5.75 Å². The monoisotopic (exact) mass is 258 g/mol. The van der Waals surface area contributed by atoms with Crippen LogP contribution in [0.3, 0.4) is 0 Å². The van der Waals surface area contributed by atoms with Gasteiger partial charge in [-0.15, -0.1) is 0 Å². The van der Waals surface area contributed by atoms with Crippen molar-refractivity contribution < 1.29 is 9.53 Å². The normalized spacial score (nSPS) is 11.4. The van der Waals surface area contributed by atoms with Gasteiger partial charge in [0.25, 0.3) is 0 Å². The summed E-state index contributed by atoms with van der Waals surface area (Å²) in [7, 11) is 1.60. The number of rotatable bonds is 2. The van der Waals surface area contributed by atoms with Crippen molar-refractivity contribution in [1.82, 2.24) is 4.98 Å². The number of anilines is 1. The first-order valence-electron chi connectivity index (χ1n) is 6.16. The SMILES string of the molecule is COc1cc(NC(=O)C(C)(C)C)c2ncccc2c1. The van der Waals surface area contributed by atoms with Gasteiger partial charge in [-0.2, -0.15) is 0 Å². The molecule has 1 amide bonds. The molecule has 0 aliphatic heterocycles. The number of benzene rings is 1. The average Bonchev–Trinajstić information content (AvgIpc) is 2.37. The van der Waals surface area contributed by atoms with Gasteiger partial charge < -0.3 is 10.1 Å². The molecule has 2 aromatic rings. The van der Waals surface area contributed by atoms with E-state index in [4.69, 9.17) is 4.74 Å². The molecule has 0 radical (unpaired) electrons. The molecule has 0 unspecified atom stereocenters. The Bertz CT molecular complexity index is 615. The van der Waals surface area contributed by atoms with Crippen molar-refractivity contribution in [1.29, 1.82) is 0 Å². The number of aromatic nitrogens is 1. The minimum atomic E-state index is -0.454. The minimum Gasteiger partial charge on any atom is -0.497 e. The van der Waals surface area contributed by atoms with Crippen molar-refractivity contribution in [3.8, 4) is 5.75 Å². The number of hydrogen-bond donors (Lipinski definition) is 1. The molecule has 0 atom stereocenters. The van der Waals surface area contributed by atoms with Gasteiger partial charge in [-0.05, 0) is 12.1 Å². The van der Waals surface area contributed by atoms with E-state index in [0.29, 0.717) is 11.4 Å². The first-order valence-corrected chi connectivity index (χ1v) is 6.16. The van der Waals surface area contributed by atoms with Crippen molar-refractivity contribution in [3.05, 3.63) is 30.5 Å². The van der Waals surface area contributed by atoms with Gasteiger partial charge in [0.2, 0.25) is 5.91 Å². The van der Waals surface area contributed by atoms with Gasteiger partial charge in [0.05, 0.1) is 18.3 Å². The molecule has 1 N–H and O–H groups in total. The third kappa shape index (κ3) is 2.84. The maximum atomic E-state index is 12.1. The van der Waals surface area contributed by atoms with Gasteiger partial charge in [-0.3, -0.25) is 9.78 Å². The summed E-state index contributed by atoms with van der Waals surface area (Å²) in [6, 6.07) is 7.49. The van der Waals surface area contributed by atoms with Crippen LogP contribution in [0.2, 0.25) is 0 Å². The molecular weight excluding hydrogens is 240 g/mol. The Balaban J connectivity index is 2.49. The van der Waals surface area contributed by atoms with Gasteiger partial charge >= 0.3 is 0 Å². The van der Waals surface area contributed by atoms with Gasteiger partial charge in [0, 0.05) is 23.1 Å². The van der Waals surface area contributed by atoms with E-state index in [1.54, 1.807) is 19.4 Å². The zero-order valence-electron chi connectivity index (χ0n) is 11.7. The molecule has 1 aromatic carbocycles. The van der Waals surface area contributed by atoms with Gasteiger partial charge in [-0.25, -0.2) is 0 Å². The van der Waals surface area contributed by atoms with Crippen molar-refractivity contribution in [2.24, 2.45) is 5.41 Å². The minimum absolute atomic E-state index is 0.0484. The van der Waals surface area contributed by atoms with Crippen LogP contribution in [0.15, 0.2) is 30.5 Å². The summed E-state index contributed by atoms with van der Waals surface area (Å²) in [6.07, 6.45) is 1.71. The molecule has 0 saturated carbocycles. The second-order valence-corrected chi connectivity index (χ2v) is 5.45. The van der Waals surface area contributed by atoms with Crippen LogP contribution in [0.4, 0.5) is 5.69 Å². The van der Waals surface area contributed by atoms with Crippen molar-refractivity contribution in [3.63, 3.8) is 0 Å². The fraction of sp³-hybridized carbons (Fsp3) is 0.333. The lowest BCUT2D eigenvalue weighted by molar-refractivity contribution is -0.123. The van der Waals surface area contributed by atoms with E-state index in [1.165, 1.54) is 0 Å². The molecule has 0 aliphatic carbocycles. The molecule has 1 heterocycles. The highest BCUT2D eigenvalue weighted by molar-refractivity contribution is 6.02. The second-order valence-electron chi connectivity index (χ2n) is 5.45. The van der Waals surface area contributed by atoms with E-state index in [0.717, 1.165) is 10.9 Å². The van der Waals surface area contributed by atoms with Gasteiger partial charge in [0.15, 0.2) is 0 Å². The molecule has 0 saturated heterocycles. The third-order valence-corrected chi connectivity index (χ3v) is 2.84. The first-order chi connectivity index (χ1) is 8.91. The van der Waals surface area contributed by atoms with Crippen LogP contribution < -0.4 is 10.1 Å². The van der Waals surface area contributed by atoms with Crippen LogP contribution in [-0.2, 0) is 4.79 Å². The van der Waals surface area contributed by atoms with Crippen LogP contribution >= 0.6 is 0 Å². The van der Waals surface area contributed by atoms with E-state index < -0.39 is 5.41 Å². The van der Waals surface area contributed by atoms with E-state index in [9.17, 15) is 4.79 Å². The quantitative estimate of drug-likeness (QED) is 0.899. The smallest absolute Gasteiger partial charge is 0.229 e. The number of amides is 1. The van der Waals surface area contributed by atoms with Crippen molar-refractivity contribution in [2.75, 3.05) is 12.4 Å². The Hall–Kier alpha value is -2.10. The molecule has 0 aliphatic rings. The highest BCUT2D eigenvalue weighted by Crippen LogP contribution is 2.29. The van der Waals surface area contributed by atoms with Crippen molar-refractivity contribution >= 4 is 22.5 Å². The lowest BCUT2D eigenvalue weighted by Crippen LogP contribution is -2.27. The number of carbonyl (C=O) groups is 1. The van der Waals surface area contributed by atoms with Crippen molar-refractivity contribution in [2.45, 2.75) is 20.8 Å². The van der Waals surface area contributed by atoms with E-state index in [1.807, 2.05) is 39.0 Å². The number of nitrogens with one attached hydrogen (secondary N) is 1. The molecule has 2 rings (SSSR count). The Morgan fingerprint density at radius 1 is 1.32 bits per heavy atom. The number of hydrogen-bond acceptors (Lipinski definition) is 3. The predicted octanol–water partition coefficient (Wildman–Crippen LogP) is 3.23. The maximum absolute atomic E-state index is 12.1. The largest absolute Gasteiger partial charge is 0.497 e. The predicted molar refractivity (Wildman–Crippen MR) is 76.4 cm³/mol. The van der Waals surface area contributed by atoms with E-state index in [2.05, 4.69) is 10.3 Å². The fourth-order valence-electron chi connectivity index (χ4n) is 1.69. The topological polar surface area (TPSA) is 51.2 Å². The molecular formula is C15H18N2O2. The van der Waals surface area contributed by atoms with Gasteiger partial charge in [-0.1, -0.05) is 26.8 Å². The summed E-state index contributed by atoms with van der Waals surface area (Å²) >= 11 is 0. The maximum Gasteiger partial charge on any atom is 0.229 e. The summed E-state index contributed by atoms with van der Waals surface area (Å²) in [6.45, 7) is 5.62. The Morgan fingerprint density at radius 3 is 2.68 bits per heavy atom. The number of fused-ring (bicyclic) bond motifs is 1. The Morgan fingerprint density at radius 2 is 2.05 bits per heavy atom. The third-order valence-electron chi connectivity index (χ3n) is 2.84. The zero-order chi connectivity index (χ0) is 14.0. The lowest BCUT2D eigenvalue weighted by Gasteiger charge is -2.18. The molecule has 100 valence electrons. The number of carbonyl (C=O) groups excluding carboxylic acids is 1. The standard InChI is InChI=1S/C15H18N2O2/c1-15(2,3)14(18)17-12-9-11(19-4)8-10-6-5-7-16-13(10)12/h5-9H,1-4H3,(H,17,18). The second kappa shape index (κ2) is 4.88. The molecule has 4 nitrogen and oxygen atoms in total. The number of pyridine rings is 1. The number of methoxy groups -OCH3 is 1. The average molecular weight is 258 g/mol. The van der Waals surface area contributed by atoms with Crippen LogP contribution in [0.1, 0.15) is 20.8 Å². The zero-order valence-corrected chi connectivity index (χ0v) is 11.7. The molecule has 4 heteroatoms. The number of ether oxygens (including phenoxy) is 1. The van der Waals surface area contributed by atoms with Crippen LogP contribution in [-0.4, -0.2) is 18.0 Å². The summed E-state index contributed by atoms with van der Waals surface area (Å²) in [4.78, 5) is 16.4. The van der Waals surface area contributed by atoms with Crippen LogP contribution in [0.5, 0.6) is 5.75 Å². The first kappa shape index (κ1) is 13.3. The molecule has 0 bridgehead atoms. The molecule has 1 aromatic heterocycles. The number of nitrogens with zero attached hydrogens (tertiary/aromatic N) is 1. The molecule has 0 spiro atoms. The highest BCUT2D eigenvalue weighted by atomic mass is 16.5. The molecule has 19 heavy (non-hydrogen) atoms. The summed E-state index contributed by atoms with van der Waals surface area (Å²) < 4.78 is 5.25. The van der Waals surface area contributed by atoms with Crippen LogP contribution in [0, 0.1) is 5.41 Å². The Kier molecular flexibility index (Phi) is 3.42. The fourth-order valence-corrected chi connectivity index (χ4v) is 1.69. The van der Waals surface area contributed by atoms with Crippen LogP contribution in [0.25, 0.3) is 10.9 Å². The Labute approximate surface area is 112 Å². The molecule has 0 fully saturated rings. The highest BCUT2D eigenvalue weighted by Gasteiger charge is 2.22. The summed E-state index contributed by atoms with van der Waals surface area (Å²) in [5.41, 5.74) is 0.986. The summed E-state index contributed by atoms with van der Waals surface area (Å²) in [5.74, 6) is 0.650. The lowest BCUT2D eigenvalue weighted by atomic mass is 9.95.